The second-order valence-electron chi connectivity index (χ2n) is 5.41. The second kappa shape index (κ2) is 8.21. The fraction of sp³-hybridized carbons (Fsp3) is 0.375. The number of aryl methyl sites for hydroxylation is 2. The van der Waals surface area contributed by atoms with E-state index < -0.39 is 11.0 Å². The number of rotatable bonds is 8. The van der Waals surface area contributed by atoms with E-state index in [1.807, 2.05) is 30.3 Å². The lowest BCUT2D eigenvalue weighted by atomic mass is 10.1. The Morgan fingerprint density at radius 2 is 2.12 bits per heavy atom. The first-order valence-electron chi connectivity index (χ1n) is 7.65. The van der Waals surface area contributed by atoms with Gasteiger partial charge >= 0.3 is 5.82 Å². The van der Waals surface area contributed by atoms with Crippen LogP contribution in [0.15, 0.2) is 36.5 Å². The molecular weight excluding hydrogens is 312 g/mol. The van der Waals surface area contributed by atoms with Gasteiger partial charge < -0.3 is 25.1 Å². The van der Waals surface area contributed by atoms with Crippen LogP contribution in [0.1, 0.15) is 30.3 Å². The lowest BCUT2D eigenvalue weighted by Gasteiger charge is -2.11. The highest BCUT2D eigenvalue weighted by Crippen LogP contribution is 2.15. The standard InChI is InChI=1S/C16H20N4O4/c1-12-18-15(20(23)24)11-19(12)10-8-16(22)17-9-7-14(21)13-5-3-2-4-6-13/h2-6,11,14,21H,7-10H2,1H3,(H,17,22). The summed E-state index contributed by atoms with van der Waals surface area (Å²) in [7, 11) is 0. The molecule has 2 rings (SSSR count). The van der Waals surface area contributed by atoms with Gasteiger partial charge in [0.1, 0.15) is 6.20 Å². The van der Waals surface area contributed by atoms with Gasteiger partial charge in [0.15, 0.2) is 0 Å². The number of nitrogens with one attached hydrogen (secondary N) is 1. The van der Waals surface area contributed by atoms with Crippen LogP contribution >= 0.6 is 0 Å². The quantitative estimate of drug-likeness (QED) is 0.565. The fourth-order valence-electron chi connectivity index (χ4n) is 2.31. The van der Waals surface area contributed by atoms with Crippen molar-refractivity contribution < 1.29 is 14.8 Å². The third-order valence-corrected chi connectivity index (χ3v) is 3.65. The normalized spacial score (nSPS) is 11.9. The molecule has 8 heteroatoms. The van der Waals surface area contributed by atoms with Gasteiger partial charge in [0, 0.05) is 26.4 Å². The monoisotopic (exact) mass is 332 g/mol. The highest BCUT2D eigenvalue weighted by Gasteiger charge is 2.15. The average Bonchev–Trinajstić information content (AvgIpc) is 2.95. The molecule has 1 amide bonds. The largest absolute Gasteiger partial charge is 0.388 e. The first-order valence-corrected chi connectivity index (χ1v) is 7.65. The van der Waals surface area contributed by atoms with E-state index >= 15 is 0 Å². The SMILES string of the molecule is Cc1nc([N+](=O)[O-])cn1CCC(=O)NCCC(O)c1ccccc1. The number of nitro groups is 1. The minimum Gasteiger partial charge on any atom is -0.388 e. The molecule has 2 aromatic rings. The van der Waals surface area contributed by atoms with Gasteiger partial charge in [0.2, 0.25) is 11.7 Å². The number of carbonyl (C=O) groups is 1. The zero-order valence-electron chi connectivity index (χ0n) is 13.4. The van der Waals surface area contributed by atoms with Gasteiger partial charge in [-0.25, -0.2) is 0 Å². The molecule has 0 saturated heterocycles. The number of hydrogen-bond donors (Lipinski definition) is 2. The van der Waals surface area contributed by atoms with Crippen LogP contribution in [0.4, 0.5) is 5.82 Å². The Morgan fingerprint density at radius 1 is 1.42 bits per heavy atom. The molecule has 0 bridgehead atoms. The minimum absolute atomic E-state index is 0.175. The summed E-state index contributed by atoms with van der Waals surface area (Å²) in [5, 5.41) is 23.4. The van der Waals surface area contributed by atoms with E-state index in [-0.39, 0.29) is 18.1 Å². The number of carbonyl (C=O) groups excluding carboxylic acids is 1. The Bertz CT molecular complexity index is 699. The molecular formula is C16H20N4O4. The summed E-state index contributed by atoms with van der Waals surface area (Å²) < 4.78 is 1.58. The molecule has 1 atom stereocenters. The Morgan fingerprint density at radius 3 is 2.75 bits per heavy atom. The van der Waals surface area contributed by atoms with Gasteiger partial charge in [-0.2, -0.15) is 0 Å². The first-order chi connectivity index (χ1) is 11.5. The lowest BCUT2D eigenvalue weighted by Crippen LogP contribution is -2.26. The molecule has 1 aromatic carbocycles. The highest BCUT2D eigenvalue weighted by atomic mass is 16.6. The van der Waals surface area contributed by atoms with E-state index in [2.05, 4.69) is 10.3 Å². The molecule has 128 valence electrons. The van der Waals surface area contributed by atoms with Crippen LogP contribution in [-0.4, -0.2) is 32.0 Å². The molecule has 0 fully saturated rings. The molecule has 24 heavy (non-hydrogen) atoms. The summed E-state index contributed by atoms with van der Waals surface area (Å²) in [4.78, 5) is 25.7. The molecule has 0 aliphatic heterocycles. The maximum absolute atomic E-state index is 11.8. The third-order valence-electron chi connectivity index (χ3n) is 3.65. The molecule has 1 unspecified atom stereocenters. The van der Waals surface area contributed by atoms with Crippen LogP contribution in [0.3, 0.4) is 0 Å². The van der Waals surface area contributed by atoms with Crippen LogP contribution < -0.4 is 5.32 Å². The van der Waals surface area contributed by atoms with Crippen molar-refractivity contribution in [3.8, 4) is 0 Å². The predicted molar refractivity (Wildman–Crippen MR) is 87.3 cm³/mol. The Labute approximate surface area is 139 Å². The molecule has 2 N–H and O–H groups in total. The lowest BCUT2D eigenvalue weighted by molar-refractivity contribution is -0.389. The van der Waals surface area contributed by atoms with Crippen molar-refractivity contribution in [2.75, 3.05) is 6.54 Å². The van der Waals surface area contributed by atoms with Crippen LogP contribution in [-0.2, 0) is 11.3 Å². The van der Waals surface area contributed by atoms with Crippen LogP contribution in [0, 0.1) is 17.0 Å². The number of amides is 1. The molecule has 0 spiro atoms. The predicted octanol–water partition coefficient (Wildman–Crippen LogP) is 1.73. The molecule has 0 radical (unpaired) electrons. The van der Waals surface area contributed by atoms with E-state index in [0.29, 0.717) is 25.3 Å². The van der Waals surface area contributed by atoms with Gasteiger partial charge in [0.25, 0.3) is 0 Å². The van der Waals surface area contributed by atoms with E-state index in [9.17, 15) is 20.0 Å². The molecule has 0 saturated carbocycles. The Balaban J connectivity index is 1.73. The number of aromatic nitrogens is 2. The minimum atomic E-state index is -0.620. The molecule has 0 aliphatic carbocycles. The summed E-state index contributed by atoms with van der Waals surface area (Å²) in [5.41, 5.74) is 0.813. The molecule has 1 aromatic heterocycles. The van der Waals surface area contributed by atoms with Crippen molar-refractivity contribution in [2.24, 2.45) is 0 Å². The van der Waals surface area contributed by atoms with E-state index in [1.54, 1.807) is 11.5 Å². The highest BCUT2D eigenvalue weighted by molar-refractivity contribution is 5.75. The van der Waals surface area contributed by atoms with Crippen LogP contribution in [0.25, 0.3) is 0 Å². The second-order valence-corrected chi connectivity index (χ2v) is 5.41. The number of imidazole rings is 1. The number of aliphatic hydroxyl groups is 1. The Hall–Kier alpha value is -2.74. The van der Waals surface area contributed by atoms with Crippen molar-refractivity contribution in [1.82, 2.24) is 14.9 Å². The summed E-state index contributed by atoms with van der Waals surface area (Å²) in [6.45, 7) is 2.33. The van der Waals surface area contributed by atoms with Gasteiger partial charge in [-0.1, -0.05) is 30.3 Å². The van der Waals surface area contributed by atoms with Crippen LogP contribution in [0.2, 0.25) is 0 Å². The Kier molecular flexibility index (Phi) is 6.02. The van der Waals surface area contributed by atoms with Crippen molar-refractivity contribution in [1.29, 1.82) is 0 Å². The van der Waals surface area contributed by atoms with Gasteiger partial charge in [-0.15, -0.1) is 0 Å². The van der Waals surface area contributed by atoms with Crippen molar-refractivity contribution in [3.63, 3.8) is 0 Å². The number of aliphatic hydroxyl groups excluding tert-OH is 1. The number of benzene rings is 1. The maximum Gasteiger partial charge on any atom is 0.381 e. The molecule has 1 heterocycles. The van der Waals surface area contributed by atoms with E-state index in [1.165, 1.54) is 6.20 Å². The van der Waals surface area contributed by atoms with Crippen molar-refractivity contribution >= 4 is 11.7 Å². The van der Waals surface area contributed by atoms with E-state index in [0.717, 1.165) is 5.56 Å². The summed E-state index contributed by atoms with van der Waals surface area (Å²) in [5.74, 6) is 0.0962. The molecule has 0 aliphatic rings. The smallest absolute Gasteiger partial charge is 0.381 e. The number of hydrogen-bond acceptors (Lipinski definition) is 5. The average molecular weight is 332 g/mol. The number of nitrogens with zero attached hydrogens (tertiary/aromatic N) is 3. The van der Waals surface area contributed by atoms with Gasteiger partial charge in [-0.3, -0.25) is 4.79 Å². The zero-order valence-corrected chi connectivity index (χ0v) is 13.4. The van der Waals surface area contributed by atoms with Gasteiger partial charge in [0.05, 0.1) is 6.10 Å². The fourth-order valence-corrected chi connectivity index (χ4v) is 2.31. The first kappa shape index (κ1) is 17.6. The maximum atomic E-state index is 11.8. The summed E-state index contributed by atoms with van der Waals surface area (Å²) >= 11 is 0. The van der Waals surface area contributed by atoms with Crippen molar-refractivity contribution in [2.45, 2.75) is 32.4 Å². The summed E-state index contributed by atoms with van der Waals surface area (Å²) in [6, 6.07) is 9.25. The molecule has 8 nitrogen and oxygen atoms in total. The third kappa shape index (κ3) is 4.88. The summed E-state index contributed by atoms with van der Waals surface area (Å²) in [6.07, 6.45) is 1.31. The van der Waals surface area contributed by atoms with E-state index in [4.69, 9.17) is 0 Å². The van der Waals surface area contributed by atoms with Crippen LogP contribution in [0.5, 0.6) is 0 Å². The van der Waals surface area contributed by atoms with Crippen molar-refractivity contribution in [3.05, 3.63) is 58.0 Å². The van der Waals surface area contributed by atoms with Gasteiger partial charge in [-0.05, 0) is 21.9 Å². The topological polar surface area (TPSA) is 110 Å². The zero-order chi connectivity index (χ0) is 17.5.